The second-order valence-corrected chi connectivity index (χ2v) is 4.75. The highest BCUT2D eigenvalue weighted by atomic mass is 19.1. The first kappa shape index (κ1) is 12.0. The second kappa shape index (κ2) is 4.45. The Hall–Kier alpha value is -1.42. The Labute approximate surface area is 100 Å². The van der Waals surface area contributed by atoms with Crippen molar-refractivity contribution in [2.45, 2.75) is 26.2 Å². The molecule has 0 radical (unpaired) electrons. The topological polar surface area (TPSA) is 55.1 Å². The molecule has 3 nitrogen and oxygen atoms in total. The second-order valence-electron chi connectivity index (χ2n) is 4.75. The first-order valence-electron chi connectivity index (χ1n) is 5.85. The lowest BCUT2D eigenvalue weighted by molar-refractivity contribution is -0.129. The number of anilines is 1. The number of nitrogens with one attached hydrogen (secondary N) is 1. The van der Waals surface area contributed by atoms with Gasteiger partial charge in [-0.15, -0.1) is 0 Å². The predicted octanol–water partition coefficient (Wildman–Crippen LogP) is 2.20. The van der Waals surface area contributed by atoms with Crippen molar-refractivity contribution in [2.24, 2.45) is 11.1 Å². The molecule has 17 heavy (non-hydrogen) atoms. The van der Waals surface area contributed by atoms with Crippen LogP contribution in [0.15, 0.2) is 18.2 Å². The van der Waals surface area contributed by atoms with Crippen molar-refractivity contribution >= 4 is 11.6 Å². The summed E-state index contributed by atoms with van der Waals surface area (Å²) in [5.41, 5.74) is 6.65. The number of benzene rings is 1. The first-order chi connectivity index (χ1) is 8.07. The average molecular weight is 236 g/mol. The molecule has 4 heteroatoms. The number of hydrogen-bond donors (Lipinski definition) is 2. The maximum Gasteiger partial charge on any atom is 0.231 e. The third-order valence-corrected chi connectivity index (χ3v) is 3.62. The molecule has 0 spiro atoms. The van der Waals surface area contributed by atoms with Gasteiger partial charge in [-0.2, -0.15) is 0 Å². The van der Waals surface area contributed by atoms with E-state index in [4.69, 9.17) is 5.73 Å². The average Bonchev–Trinajstić information content (AvgIpc) is 2.21. The molecule has 0 aliphatic heterocycles. The number of hydrogen-bond acceptors (Lipinski definition) is 2. The van der Waals surface area contributed by atoms with Gasteiger partial charge in [0, 0.05) is 12.2 Å². The van der Waals surface area contributed by atoms with Gasteiger partial charge >= 0.3 is 0 Å². The van der Waals surface area contributed by atoms with E-state index in [0.717, 1.165) is 24.8 Å². The molecule has 1 aliphatic carbocycles. The molecule has 1 saturated carbocycles. The van der Waals surface area contributed by atoms with Gasteiger partial charge in [-0.3, -0.25) is 4.79 Å². The van der Waals surface area contributed by atoms with Gasteiger partial charge in [0.25, 0.3) is 0 Å². The fourth-order valence-corrected chi connectivity index (χ4v) is 2.15. The van der Waals surface area contributed by atoms with Crippen molar-refractivity contribution in [1.29, 1.82) is 0 Å². The third-order valence-electron chi connectivity index (χ3n) is 3.62. The number of amides is 1. The van der Waals surface area contributed by atoms with E-state index in [0.29, 0.717) is 12.2 Å². The maximum atomic E-state index is 12.9. The van der Waals surface area contributed by atoms with Crippen LogP contribution in [-0.2, 0) is 4.79 Å². The molecule has 0 atom stereocenters. The zero-order valence-corrected chi connectivity index (χ0v) is 9.92. The van der Waals surface area contributed by atoms with Crippen LogP contribution in [0.3, 0.4) is 0 Å². The number of aryl methyl sites for hydroxylation is 1. The lowest BCUT2D eigenvalue weighted by Gasteiger charge is -2.39. The summed E-state index contributed by atoms with van der Waals surface area (Å²) in [6, 6.07) is 4.34. The molecule has 0 bridgehead atoms. The molecule has 0 unspecified atom stereocenters. The lowest BCUT2D eigenvalue weighted by Crippen LogP contribution is -2.47. The quantitative estimate of drug-likeness (QED) is 0.845. The van der Waals surface area contributed by atoms with Crippen LogP contribution in [0.25, 0.3) is 0 Å². The maximum absolute atomic E-state index is 12.9. The Morgan fingerprint density at radius 2 is 2.24 bits per heavy atom. The number of carbonyl (C=O) groups excluding carboxylic acids is 1. The van der Waals surface area contributed by atoms with Crippen molar-refractivity contribution < 1.29 is 9.18 Å². The SMILES string of the molecule is Cc1cc(F)ccc1NC(=O)C1(CN)CCC1. The summed E-state index contributed by atoms with van der Waals surface area (Å²) >= 11 is 0. The van der Waals surface area contributed by atoms with Crippen LogP contribution in [-0.4, -0.2) is 12.5 Å². The minimum Gasteiger partial charge on any atom is -0.329 e. The molecule has 2 rings (SSSR count). The minimum absolute atomic E-state index is 0.0408. The summed E-state index contributed by atoms with van der Waals surface area (Å²) in [6.45, 7) is 2.15. The van der Waals surface area contributed by atoms with Gasteiger partial charge in [-0.1, -0.05) is 6.42 Å². The zero-order valence-electron chi connectivity index (χ0n) is 9.92. The van der Waals surface area contributed by atoms with E-state index in [1.807, 2.05) is 0 Å². The standard InChI is InChI=1S/C13H17FN2O/c1-9-7-10(14)3-4-11(9)16-12(17)13(8-15)5-2-6-13/h3-4,7H,2,5-6,8,15H2,1H3,(H,16,17). The highest BCUT2D eigenvalue weighted by Crippen LogP contribution is 2.40. The predicted molar refractivity (Wildman–Crippen MR) is 65.1 cm³/mol. The summed E-state index contributed by atoms with van der Waals surface area (Å²) in [5.74, 6) is -0.335. The minimum atomic E-state index is -0.402. The Kier molecular flexibility index (Phi) is 3.15. The summed E-state index contributed by atoms with van der Waals surface area (Å²) in [4.78, 5) is 12.1. The number of halogens is 1. The van der Waals surface area contributed by atoms with Gasteiger partial charge < -0.3 is 11.1 Å². The van der Waals surface area contributed by atoms with Gasteiger partial charge in [0.1, 0.15) is 5.82 Å². The summed E-state index contributed by atoms with van der Waals surface area (Å²) in [6.07, 6.45) is 2.73. The van der Waals surface area contributed by atoms with E-state index in [1.54, 1.807) is 13.0 Å². The normalized spacial score (nSPS) is 17.4. The van der Waals surface area contributed by atoms with Crippen LogP contribution in [0.1, 0.15) is 24.8 Å². The summed E-state index contributed by atoms with van der Waals surface area (Å²) < 4.78 is 12.9. The van der Waals surface area contributed by atoms with Crippen LogP contribution < -0.4 is 11.1 Å². The fourth-order valence-electron chi connectivity index (χ4n) is 2.15. The molecule has 0 aromatic heterocycles. The van der Waals surface area contributed by atoms with Gasteiger partial charge in [0.05, 0.1) is 5.41 Å². The molecule has 1 aromatic rings. The van der Waals surface area contributed by atoms with Gasteiger partial charge in [-0.25, -0.2) is 4.39 Å². The molecular formula is C13H17FN2O. The third kappa shape index (κ3) is 2.17. The van der Waals surface area contributed by atoms with Crippen LogP contribution in [0.4, 0.5) is 10.1 Å². The van der Waals surface area contributed by atoms with E-state index < -0.39 is 5.41 Å². The van der Waals surface area contributed by atoms with Gasteiger partial charge in [-0.05, 0) is 43.5 Å². The van der Waals surface area contributed by atoms with Crippen molar-refractivity contribution in [3.63, 3.8) is 0 Å². The number of rotatable bonds is 3. The highest BCUT2D eigenvalue weighted by molar-refractivity contribution is 5.96. The molecule has 1 amide bonds. The fraction of sp³-hybridized carbons (Fsp3) is 0.462. The largest absolute Gasteiger partial charge is 0.329 e. The Balaban J connectivity index is 2.13. The highest BCUT2D eigenvalue weighted by Gasteiger charge is 2.42. The summed E-state index contributed by atoms with van der Waals surface area (Å²) in [7, 11) is 0. The van der Waals surface area contributed by atoms with Gasteiger partial charge in [0.2, 0.25) is 5.91 Å². The van der Waals surface area contributed by atoms with Gasteiger partial charge in [0.15, 0.2) is 0 Å². The van der Waals surface area contributed by atoms with Crippen LogP contribution in [0.5, 0.6) is 0 Å². The van der Waals surface area contributed by atoms with Crippen molar-refractivity contribution in [3.05, 3.63) is 29.6 Å². The zero-order chi connectivity index (χ0) is 12.5. The van der Waals surface area contributed by atoms with Crippen molar-refractivity contribution in [3.8, 4) is 0 Å². The lowest BCUT2D eigenvalue weighted by atomic mass is 9.68. The molecule has 0 saturated heterocycles. The smallest absolute Gasteiger partial charge is 0.231 e. The molecule has 1 fully saturated rings. The Morgan fingerprint density at radius 1 is 1.53 bits per heavy atom. The molecule has 1 aliphatic rings. The number of nitrogens with two attached hydrogens (primary N) is 1. The van der Waals surface area contributed by atoms with Crippen molar-refractivity contribution in [2.75, 3.05) is 11.9 Å². The molecule has 3 N–H and O–H groups in total. The van der Waals surface area contributed by atoms with E-state index in [2.05, 4.69) is 5.32 Å². The molecular weight excluding hydrogens is 219 g/mol. The van der Waals surface area contributed by atoms with Crippen LogP contribution >= 0.6 is 0 Å². The van der Waals surface area contributed by atoms with Crippen LogP contribution in [0, 0.1) is 18.2 Å². The van der Waals surface area contributed by atoms with E-state index in [9.17, 15) is 9.18 Å². The van der Waals surface area contributed by atoms with E-state index in [-0.39, 0.29) is 11.7 Å². The van der Waals surface area contributed by atoms with E-state index in [1.165, 1.54) is 12.1 Å². The summed E-state index contributed by atoms with van der Waals surface area (Å²) in [5, 5.41) is 2.85. The molecule has 92 valence electrons. The molecule has 1 aromatic carbocycles. The van der Waals surface area contributed by atoms with Crippen molar-refractivity contribution in [1.82, 2.24) is 0 Å². The van der Waals surface area contributed by atoms with E-state index >= 15 is 0 Å². The van der Waals surface area contributed by atoms with Crippen LogP contribution in [0.2, 0.25) is 0 Å². The molecule has 0 heterocycles. The Morgan fingerprint density at radius 3 is 2.71 bits per heavy atom. The number of carbonyl (C=O) groups is 1. The monoisotopic (exact) mass is 236 g/mol. The first-order valence-corrected chi connectivity index (χ1v) is 5.85. The Bertz CT molecular complexity index is 436.